The molecule has 1 amide bonds. The summed E-state index contributed by atoms with van der Waals surface area (Å²) in [7, 11) is 1.46. The van der Waals surface area contributed by atoms with E-state index in [1.165, 1.54) is 7.11 Å². The van der Waals surface area contributed by atoms with E-state index in [-0.39, 0.29) is 24.9 Å². The van der Waals surface area contributed by atoms with Gasteiger partial charge in [-0.2, -0.15) is 0 Å². The first-order valence-electron chi connectivity index (χ1n) is 6.20. The number of methoxy groups -OCH3 is 1. The summed E-state index contributed by atoms with van der Waals surface area (Å²) in [4.78, 5) is 16.3. The van der Waals surface area contributed by atoms with Crippen LogP contribution in [-0.4, -0.2) is 30.6 Å². The van der Waals surface area contributed by atoms with Crippen LogP contribution in [0.1, 0.15) is 5.01 Å². The fourth-order valence-electron chi connectivity index (χ4n) is 1.79. The van der Waals surface area contributed by atoms with E-state index >= 15 is 0 Å². The molecule has 0 saturated heterocycles. The monoisotopic (exact) mass is 327 g/mol. The highest BCUT2D eigenvalue weighted by Gasteiger charge is 2.15. The molecule has 1 unspecified atom stereocenters. The van der Waals surface area contributed by atoms with Gasteiger partial charge in [0.05, 0.1) is 10.7 Å². The Morgan fingerprint density at radius 3 is 2.86 bits per heavy atom. The largest absolute Gasteiger partial charge is 0.370 e. The van der Waals surface area contributed by atoms with Crippen LogP contribution in [0, 0.1) is 6.92 Å². The second-order valence-corrected chi connectivity index (χ2v) is 5.34. The van der Waals surface area contributed by atoms with Crippen LogP contribution in [0.3, 0.4) is 0 Å². The van der Waals surface area contributed by atoms with Gasteiger partial charge in [0.25, 0.3) is 5.91 Å². The van der Waals surface area contributed by atoms with E-state index in [0.29, 0.717) is 5.69 Å². The number of halogens is 1. The van der Waals surface area contributed by atoms with Crippen LogP contribution in [0.2, 0.25) is 0 Å². The van der Waals surface area contributed by atoms with Crippen LogP contribution in [0.4, 0.5) is 5.69 Å². The zero-order valence-electron chi connectivity index (χ0n) is 11.8. The van der Waals surface area contributed by atoms with E-state index < -0.39 is 6.10 Å². The summed E-state index contributed by atoms with van der Waals surface area (Å²) in [6, 6.07) is 7.55. The Morgan fingerprint density at radius 1 is 1.52 bits per heavy atom. The van der Waals surface area contributed by atoms with Crippen LogP contribution in [0.5, 0.6) is 0 Å². The van der Waals surface area contributed by atoms with E-state index in [1.807, 2.05) is 36.6 Å². The first kappa shape index (κ1) is 17.6. The van der Waals surface area contributed by atoms with Gasteiger partial charge in [0.15, 0.2) is 0 Å². The number of amides is 1. The van der Waals surface area contributed by atoms with Gasteiger partial charge in [0, 0.05) is 30.3 Å². The van der Waals surface area contributed by atoms with Crippen LogP contribution < -0.4 is 11.1 Å². The van der Waals surface area contributed by atoms with Crippen molar-refractivity contribution >= 4 is 35.3 Å². The van der Waals surface area contributed by atoms with Crippen molar-refractivity contribution in [1.82, 2.24) is 4.98 Å². The molecule has 0 fully saturated rings. The predicted molar refractivity (Wildman–Crippen MR) is 88.0 cm³/mol. The number of nitrogens with zero attached hydrogens (tertiary/aromatic N) is 1. The van der Waals surface area contributed by atoms with Gasteiger partial charge in [-0.25, -0.2) is 4.98 Å². The predicted octanol–water partition coefficient (Wildman–Crippen LogP) is 2.45. The minimum Gasteiger partial charge on any atom is -0.370 e. The number of aromatic nitrogens is 1. The number of carbonyl (C=O) groups is 1. The minimum absolute atomic E-state index is 0. The highest BCUT2D eigenvalue weighted by molar-refractivity contribution is 7.09. The Bertz CT molecular complexity index is 599. The average Bonchev–Trinajstić information content (AvgIpc) is 2.87. The highest BCUT2D eigenvalue weighted by Crippen LogP contribution is 2.24. The van der Waals surface area contributed by atoms with Gasteiger partial charge < -0.3 is 15.8 Å². The van der Waals surface area contributed by atoms with Crippen LogP contribution in [-0.2, 0) is 9.53 Å². The van der Waals surface area contributed by atoms with Crippen molar-refractivity contribution < 1.29 is 9.53 Å². The fraction of sp³-hybridized carbons (Fsp3) is 0.286. The van der Waals surface area contributed by atoms with E-state index in [4.69, 9.17) is 10.5 Å². The molecule has 7 heteroatoms. The quantitative estimate of drug-likeness (QED) is 0.884. The molecule has 0 aliphatic heterocycles. The summed E-state index contributed by atoms with van der Waals surface area (Å²) in [6.07, 6.45) is -0.639. The third-order valence-electron chi connectivity index (χ3n) is 2.84. The van der Waals surface area contributed by atoms with Gasteiger partial charge in [-0.15, -0.1) is 23.7 Å². The average molecular weight is 328 g/mol. The van der Waals surface area contributed by atoms with Crippen molar-refractivity contribution in [2.45, 2.75) is 13.0 Å². The number of carbonyl (C=O) groups excluding carboxylic acids is 1. The molecule has 114 valence electrons. The lowest BCUT2D eigenvalue weighted by molar-refractivity contribution is -0.125. The Morgan fingerprint density at radius 2 is 2.29 bits per heavy atom. The molecule has 0 spiro atoms. The summed E-state index contributed by atoms with van der Waals surface area (Å²) < 4.78 is 5.00. The van der Waals surface area contributed by atoms with E-state index in [0.717, 1.165) is 16.3 Å². The molecule has 2 rings (SSSR count). The summed E-state index contributed by atoms with van der Waals surface area (Å²) >= 11 is 1.60. The van der Waals surface area contributed by atoms with Crippen LogP contribution >= 0.6 is 23.7 Å². The van der Waals surface area contributed by atoms with Gasteiger partial charge in [-0.3, -0.25) is 4.79 Å². The van der Waals surface area contributed by atoms with E-state index in [2.05, 4.69) is 10.3 Å². The van der Waals surface area contributed by atoms with Gasteiger partial charge in [-0.05, 0) is 19.1 Å². The molecule has 3 N–H and O–H groups in total. The number of thiazole rings is 1. The normalized spacial score (nSPS) is 11.6. The van der Waals surface area contributed by atoms with E-state index in [1.54, 1.807) is 11.3 Å². The second-order valence-electron chi connectivity index (χ2n) is 4.28. The van der Waals surface area contributed by atoms with Crippen molar-refractivity contribution in [3.05, 3.63) is 34.7 Å². The maximum atomic E-state index is 11.9. The molecule has 0 saturated carbocycles. The zero-order chi connectivity index (χ0) is 14.5. The lowest BCUT2D eigenvalue weighted by atomic mass is 10.1. The molecule has 2 aromatic rings. The van der Waals surface area contributed by atoms with Crippen molar-refractivity contribution in [3.63, 3.8) is 0 Å². The fourth-order valence-corrected chi connectivity index (χ4v) is 2.41. The molecule has 1 atom stereocenters. The molecular formula is C14H18ClN3O2S. The molecule has 1 heterocycles. The topological polar surface area (TPSA) is 77.2 Å². The second kappa shape index (κ2) is 8.09. The third kappa shape index (κ3) is 4.50. The number of hydrogen-bond acceptors (Lipinski definition) is 5. The lowest BCUT2D eigenvalue weighted by Crippen LogP contribution is -2.35. The molecule has 1 aromatic heterocycles. The Balaban J connectivity index is 0.00000220. The number of rotatable bonds is 5. The highest BCUT2D eigenvalue weighted by atomic mass is 35.5. The standard InChI is InChI=1S/C14H17N3O2S.ClH/c1-9-16-12(8-20-9)10-4-3-5-11(6-10)17-14(18)13(7-15)19-2;/h3-6,8,13H,7,15H2,1-2H3,(H,17,18);1H. The molecule has 0 aliphatic carbocycles. The Hall–Kier alpha value is -1.47. The van der Waals surface area contributed by atoms with Crippen molar-refractivity contribution in [2.24, 2.45) is 5.73 Å². The maximum absolute atomic E-state index is 11.9. The van der Waals surface area contributed by atoms with Crippen molar-refractivity contribution in [3.8, 4) is 11.3 Å². The van der Waals surface area contributed by atoms with Gasteiger partial charge in [0.1, 0.15) is 6.10 Å². The smallest absolute Gasteiger partial charge is 0.254 e. The summed E-state index contributed by atoms with van der Waals surface area (Å²) in [6.45, 7) is 2.11. The molecule has 0 radical (unpaired) electrons. The Kier molecular flexibility index (Phi) is 6.77. The molecule has 21 heavy (non-hydrogen) atoms. The lowest BCUT2D eigenvalue weighted by Gasteiger charge is -2.13. The number of hydrogen-bond donors (Lipinski definition) is 2. The van der Waals surface area contributed by atoms with Crippen molar-refractivity contribution in [1.29, 1.82) is 0 Å². The molecule has 0 bridgehead atoms. The van der Waals surface area contributed by atoms with E-state index in [9.17, 15) is 4.79 Å². The summed E-state index contributed by atoms with van der Waals surface area (Å²) in [5.41, 5.74) is 8.04. The first-order chi connectivity index (χ1) is 9.63. The molecule has 5 nitrogen and oxygen atoms in total. The van der Waals surface area contributed by atoms with Gasteiger partial charge in [0.2, 0.25) is 0 Å². The summed E-state index contributed by atoms with van der Waals surface area (Å²) in [5.74, 6) is -0.249. The van der Waals surface area contributed by atoms with Crippen LogP contribution in [0.25, 0.3) is 11.3 Å². The van der Waals surface area contributed by atoms with Gasteiger partial charge >= 0.3 is 0 Å². The SMILES string of the molecule is COC(CN)C(=O)Nc1cccc(-c2csc(C)n2)c1.Cl. The summed E-state index contributed by atoms with van der Waals surface area (Å²) in [5, 5.41) is 5.80. The number of ether oxygens (including phenoxy) is 1. The molecule has 1 aromatic carbocycles. The minimum atomic E-state index is -0.639. The molecule has 0 aliphatic rings. The van der Waals surface area contributed by atoms with Crippen LogP contribution in [0.15, 0.2) is 29.6 Å². The number of benzene rings is 1. The first-order valence-corrected chi connectivity index (χ1v) is 7.08. The van der Waals surface area contributed by atoms with Gasteiger partial charge in [-0.1, -0.05) is 12.1 Å². The van der Waals surface area contributed by atoms with Crippen molar-refractivity contribution in [2.75, 3.05) is 19.0 Å². The zero-order valence-corrected chi connectivity index (χ0v) is 13.5. The maximum Gasteiger partial charge on any atom is 0.254 e. The number of nitrogens with two attached hydrogens (primary N) is 1. The third-order valence-corrected chi connectivity index (χ3v) is 3.61. The Labute approximate surface area is 133 Å². The number of anilines is 1. The number of nitrogens with one attached hydrogen (secondary N) is 1. The number of aryl methyl sites for hydroxylation is 1. The molecular weight excluding hydrogens is 310 g/mol.